The molecular weight excluding hydrogens is 418 g/mol. The fraction of sp³-hybridized carbons (Fsp3) is 0.240. The number of nitrogens with zero attached hydrogens (tertiary/aromatic N) is 5. The van der Waals surface area contributed by atoms with Gasteiger partial charge < -0.3 is 9.30 Å². The number of hydrogen-bond acceptors (Lipinski definition) is 6. The van der Waals surface area contributed by atoms with Crippen molar-refractivity contribution in [2.24, 2.45) is 0 Å². The molecule has 0 aliphatic heterocycles. The zero-order valence-electron chi connectivity index (χ0n) is 18.4. The normalized spacial score (nSPS) is 11.0. The molecule has 8 nitrogen and oxygen atoms in total. The van der Waals surface area contributed by atoms with Crippen LogP contribution in [0.25, 0.3) is 16.7 Å². The molecule has 0 aliphatic carbocycles. The predicted molar refractivity (Wildman–Crippen MR) is 122 cm³/mol. The van der Waals surface area contributed by atoms with Crippen molar-refractivity contribution >= 4 is 22.7 Å². The maximum Gasteiger partial charge on any atom is 0.342 e. The molecule has 0 radical (unpaired) electrons. The van der Waals surface area contributed by atoms with Crippen molar-refractivity contribution in [1.82, 2.24) is 19.3 Å². The van der Waals surface area contributed by atoms with Crippen LogP contribution in [0.3, 0.4) is 0 Å². The van der Waals surface area contributed by atoms with Gasteiger partial charge in [0.25, 0.3) is 0 Å². The van der Waals surface area contributed by atoms with Crippen LogP contribution in [-0.2, 0) is 11.3 Å². The smallest absolute Gasteiger partial charge is 0.342 e. The van der Waals surface area contributed by atoms with E-state index in [9.17, 15) is 9.59 Å². The van der Waals surface area contributed by atoms with Gasteiger partial charge in [0.2, 0.25) is 5.78 Å². The molecule has 0 spiro atoms. The summed E-state index contributed by atoms with van der Waals surface area (Å²) in [7, 11) is 0. The van der Waals surface area contributed by atoms with E-state index in [1.54, 1.807) is 29.2 Å². The number of ketones is 1. The van der Waals surface area contributed by atoms with E-state index in [2.05, 4.69) is 16.2 Å². The zero-order chi connectivity index (χ0) is 23.4. The van der Waals surface area contributed by atoms with Crippen LogP contribution in [0.4, 0.5) is 0 Å². The third kappa shape index (κ3) is 4.39. The number of Topliss-reactive ketones (excluding diaryl/α,β-unsaturated/α-hetero) is 1. The van der Waals surface area contributed by atoms with Crippen molar-refractivity contribution in [3.63, 3.8) is 0 Å². The molecular formula is C25H23N5O3. The number of fused-ring (bicyclic) bond motifs is 1. The van der Waals surface area contributed by atoms with E-state index in [-0.39, 0.29) is 11.7 Å². The number of carbonyl (C=O) groups is 2. The lowest BCUT2D eigenvalue weighted by molar-refractivity contribution is 0.0473. The van der Waals surface area contributed by atoms with Crippen LogP contribution >= 0.6 is 0 Å². The summed E-state index contributed by atoms with van der Waals surface area (Å²) in [5.74, 6) is -0.340. The number of hydrogen-bond donors (Lipinski definition) is 0. The maximum absolute atomic E-state index is 12.9. The van der Waals surface area contributed by atoms with Crippen molar-refractivity contribution in [1.29, 1.82) is 5.26 Å². The number of carbonyl (C=O) groups excluding carboxylic acids is 2. The number of benzene rings is 1. The van der Waals surface area contributed by atoms with Gasteiger partial charge in [-0.15, -0.1) is 0 Å². The van der Waals surface area contributed by atoms with E-state index in [0.717, 1.165) is 10.9 Å². The molecule has 4 aromatic rings. The van der Waals surface area contributed by atoms with E-state index in [1.807, 2.05) is 48.7 Å². The van der Waals surface area contributed by atoms with E-state index in [4.69, 9.17) is 10.00 Å². The third-order valence-corrected chi connectivity index (χ3v) is 5.33. The molecule has 0 unspecified atom stereocenters. The van der Waals surface area contributed by atoms with Gasteiger partial charge in [-0.2, -0.15) is 10.4 Å². The number of ether oxygens (including phenoxy) is 1. The molecule has 3 heterocycles. The van der Waals surface area contributed by atoms with Crippen LogP contribution in [0, 0.1) is 11.3 Å². The largest absolute Gasteiger partial charge is 0.454 e. The van der Waals surface area contributed by atoms with Crippen molar-refractivity contribution in [2.45, 2.75) is 32.7 Å². The van der Waals surface area contributed by atoms with E-state index in [0.29, 0.717) is 35.6 Å². The molecule has 0 amide bonds. The van der Waals surface area contributed by atoms with Crippen LogP contribution in [0.2, 0.25) is 0 Å². The highest BCUT2D eigenvalue weighted by molar-refractivity contribution is 6.09. The Morgan fingerprint density at radius 2 is 1.91 bits per heavy atom. The molecule has 33 heavy (non-hydrogen) atoms. The number of rotatable bonds is 8. The SMILES string of the molecule is CC(C)c1c(C(=O)OCC(=O)c2cn(CCC#N)c3ccccc23)cnn1-c1ccccn1. The molecule has 0 saturated carbocycles. The predicted octanol–water partition coefficient (Wildman–Crippen LogP) is 4.30. The lowest BCUT2D eigenvalue weighted by atomic mass is 10.1. The van der Waals surface area contributed by atoms with Gasteiger partial charge in [-0.3, -0.25) is 4.79 Å². The van der Waals surface area contributed by atoms with Gasteiger partial charge in [0.1, 0.15) is 5.56 Å². The number of aryl methyl sites for hydroxylation is 1. The number of aromatic nitrogens is 4. The average Bonchev–Trinajstić information content (AvgIpc) is 3.44. The summed E-state index contributed by atoms with van der Waals surface area (Å²) in [4.78, 5) is 30.1. The monoisotopic (exact) mass is 441 g/mol. The zero-order valence-corrected chi connectivity index (χ0v) is 18.4. The molecule has 0 saturated heterocycles. The molecule has 1 aromatic carbocycles. The summed E-state index contributed by atoms with van der Waals surface area (Å²) in [6, 6.07) is 15.1. The van der Waals surface area contributed by atoms with Crippen LogP contribution in [0.5, 0.6) is 0 Å². The number of pyridine rings is 1. The first-order chi connectivity index (χ1) is 16.0. The van der Waals surface area contributed by atoms with Gasteiger partial charge in [-0.25, -0.2) is 14.5 Å². The van der Waals surface area contributed by atoms with Gasteiger partial charge in [0.05, 0.1) is 24.4 Å². The maximum atomic E-state index is 12.9. The summed E-state index contributed by atoms with van der Waals surface area (Å²) in [5.41, 5.74) is 2.30. The van der Waals surface area contributed by atoms with Crippen LogP contribution in [-0.4, -0.2) is 37.7 Å². The highest BCUT2D eigenvalue weighted by Crippen LogP contribution is 2.24. The van der Waals surface area contributed by atoms with Crippen LogP contribution in [0.1, 0.15) is 52.6 Å². The van der Waals surface area contributed by atoms with E-state index >= 15 is 0 Å². The van der Waals surface area contributed by atoms with Gasteiger partial charge in [-0.1, -0.05) is 38.1 Å². The topological polar surface area (TPSA) is 103 Å². The number of para-hydroxylation sites is 1. The Morgan fingerprint density at radius 3 is 2.64 bits per heavy atom. The molecule has 0 aliphatic rings. The quantitative estimate of drug-likeness (QED) is 0.298. The van der Waals surface area contributed by atoms with Crippen molar-refractivity contribution in [3.8, 4) is 11.9 Å². The van der Waals surface area contributed by atoms with E-state index in [1.165, 1.54) is 6.20 Å². The second kappa shape index (κ2) is 9.49. The molecule has 3 aromatic heterocycles. The average molecular weight is 441 g/mol. The number of nitriles is 1. The first kappa shape index (κ1) is 22.0. The summed E-state index contributed by atoms with van der Waals surface area (Å²) in [6.45, 7) is 3.99. The van der Waals surface area contributed by atoms with Gasteiger partial charge >= 0.3 is 5.97 Å². The van der Waals surface area contributed by atoms with Gasteiger partial charge in [0.15, 0.2) is 12.4 Å². The summed E-state index contributed by atoms with van der Waals surface area (Å²) in [6.07, 6.45) is 5.16. The lowest BCUT2D eigenvalue weighted by Crippen LogP contribution is -2.16. The van der Waals surface area contributed by atoms with Crippen LogP contribution < -0.4 is 0 Å². The standard InChI is InChI=1S/C25H23N5O3/c1-17(2)24-19(14-28-30(24)23-10-5-6-12-27-23)25(32)33-16-22(31)20-15-29(13-7-11-26)21-9-4-3-8-18(20)21/h3-6,8-10,12,14-15,17H,7,13,16H2,1-2H3. The Morgan fingerprint density at radius 1 is 1.12 bits per heavy atom. The highest BCUT2D eigenvalue weighted by atomic mass is 16.5. The second-order valence-corrected chi connectivity index (χ2v) is 7.86. The number of esters is 1. The van der Waals surface area contributed by atoms with E-state index < -0.39 is 12.6 Å². The second-order valence-electron chi connectivity index (χ2n) is 7.86. The fourth-order valence-electron chi connectivity index (χ4n) is 3.84. The van der Waals surface area contributed by atoms with Crippen LogP contribution in [0.15, 0.2) is 61.1 Å². The summed E-state index contributed by atoms with van der Waals surface area (Å²) >= 11 is 0. The minimum Gasteiger partial charge on any atom is -0.454 e. The third-order valence-electron chi connectivity index (χ3n) is 5.33. The minimum absolute atomic E-state index is 0.0223. The minimum atomic E-state index is -0.609. The molecule has 0 atom stereocenters. The fourth-order valence-corrected chi connectivity index (χ4v) is 3.84. The summed E-state index contributed by atoms with van der Waals surface area (Å²) in [5, 5.41) is 14.0. The Kier molecular flexibility index (Phi) is 6.31. The first-order valence-electron chi connectivity index (χ1n) is 10.7. The Balaban J connectivity index is 1.55. The van der Waals surface area contributed by atoms with Crippen molar-refractivity contribution in [3.05, 3.63) is 77.9 Å². The highest BCUT2D eigenvalue weighted by Gasteiger charge is 2.24. The molecule has 0 bridgehead atoms. The summed E-state index contributed by atoms with van der Waals surface area (Å²) < 4.78 is 8.89. The lowest BCUT2D eigenvalue weighted by Gasteiger charge is -2.11. The molecule has 4 rings (SSSR count). The molecule has 0 fully saturated rings. The van der Waals surface area contributed by atoms with Gasteiger partial charge in [0, 0.05) is 35.4 Å². The Bertz CT molecular complexity index is 1350. The first-order valence-corrected chi connectivity index (χ1v) is 10.7. The van der Waals surface area contributed by atoms with Crippen molar-refractivity contribution < 1.29 is 14.3 Å². The Hall–Kier alpha value is -4.25. The molecule has 8 heteroatoms. The van der Waals surface area contributed by atoms with Crippen molar-refractivity contribution in [2.75, 3.05) is 6.61 Å². The Labute approximate surface area is 191 Å². The molecule has 166 valence electrons. The molecule has 0 N–H and O–H groups in total. The van der Waals surface area contributed by atoms with Gasteiger partial charge in [-0.05, 0) is 24.1 Å².